The van der Waals surface area contributed by atoms with Crippen molar-refractivity contribution in [2.45, 2.75) is 26.7 Å². The molecule has 3 aromatic rings. The molecule has 0 atom stereocenters. The Bertz CT molecular complexity index is 1310. The highest BCUT2D eigenvalue weighted by Crippen LogP contribution is 2.29. The molecule has 1 aromatic carbocycles. The lowest BCUT2D eigenvalue weighted by Gasteiger charge is -2.10. The summed E-state index contributed by atoms with van der Waals surface area (Å²) in [5.41, 5.74) is 6.67. The molecule has 34 heavy (non-hydrogen) atoms. The zero-order valence-electron chi connectivity index (χ0n) is 19.5. The van der Waals surface area contributed by atoms with Crippen molar-refractivity contribution in [2.75, 3.05) is 11.9 Å². The highest BCUT2D eigenvalue weighted by molar-refractivity contribution is 7.14. The first-order chi connectivity index (χ1) is 16.4. The van der Waals surface area contributed by atoms with Gasteiger partial charge in [-0.1, -0.05) is 24.3 Å². The van der Waals surface area contributed by atoms with Crippen LogP contribution in [-0.4, -0.2) is 33.6 Å². The number of carbonyl (C=O) groups is 2. The van der Waals surface area contributed by atoms with Crippen molar-refractivity contribution in [1.82, 2.24) is 14.9 Å². The molecule has 7 nitrogen and oxygen atoms in total. The van der Waals surface area contributed by atoms with Gasteiger partial charge in [0.15, 0.2) is 5.13 Å². The maximum Gasteiger partial charge on any atom is 0.253 e. The maximum atomic E-state index is 12.3. The average molecular weight is 474 g/mol. The molecule has 0 unspecified atom stereocenters. The molecular weight excluding hydrogens is 446 g/mol. The Balaban J connectivity index is 1.41. The summed E-state index contributed by atoms with van der Waals surface area (Å²) in [5, 5.41) is 7.79. The monoisotopic (exact) mass is 473 g/mol. The number of rotatable bonds is 6. The van der Waals surface area contributed by atoms with Crippen LogP contribution in [-0.2, 0) is 11.8 Å². The van der Waals surface area contributed by atoms with Crippen LogP contribution in [0.1, 0.15) is 42.6 Å². The number of aryl methyl sites for hydroxylation is 1. The fourth-order valence-electron chi connectivity index (χ4n) is 3.70. The number of aromatic nitrogens is 2. The Labute approximate surface area is 203 Å². The predicted octanol–water partition coefficient (Wildman–Crippen LogP) is 5.06. The zero-order chi connectivity index (χ0) is 24.1. The van der Waals surface area contributed by atoms with Gasteiger partial charge < -0.3 is 15.2 Å². The van der Waals surface area contributed by atoms with E-state index in [0.29, 0.717) is 10.7 Å². The van der Waals surface area contributed by atoms with Crippen molar-refractivity contribution in [2.24, 2.45) is 12.0 Å². The Hall–Kier alpha value is -3.78. The highest BCUT2D eigenvalue weighted by atomic mass is 32.1. The standard InChI is InChI=1S/C26H27N5O2S/c1-17-6-4-7-19(12-18(2)28-17)20-8-5-9-21(13-20)23-16-34-26(29-23)30-24(32)14-27-25(33)22-10-11-31(3)15-22/h5,7-13,15-16H,4,6,14H2,1-3H3,(H,27,33)(H,29,30,32)/b18-12-,19-7+,28-17-. The van der Waals surface area contributed by atoms with E-state index in [1.807, 2.05) is 31.5 Å². The first-order valence-electron chi connectivity index (χ1n) is 11.1. The van der Waals surface area contributed by atoms with Crippen molar-refractivity contribution < 1.29 is 9.59 Å². The number of aliphatic imine (C=N–C) groups is 1. The van der Waals surface area contributed by atoms with E-state index in [-0.39, 0.29) is 18.4 Å². The van der Waals surface area contributed by atoms with Crippen molar-refractivity contribution in [3.8, 4) is 11.3 Å². The second-order valence-corrected chi connectivity index (χ2v) is 9.10. The summed E-state index contributed by atoms with van der Waals surface area (Å²) in [6, 6.07) is 9.91. The second-order valence-electron chi connectivity index (χ2n) is 8.25. The summed E-state index contributed by atoms with van der Waals surface area (Å²) < 4.78 is 1.78. The Morgan fingerprint density at radius 3 is 2.79 bits per heavy atom. The number of carbonyl (C=O) groups excluding carboxylic acids is 2. The van der Waals surface area contributed by atoms with E-state index in [9.17, 15) is 9.59 Å². The van der Waals surface area contributed by atoms with Crippen LogP contribution in [0.15, 0.2) is 70.9 Å². The first-order valence-corrected chi connectivity index (χ1v) is 11.9. The summed E-state index contributed by atoms with van der Waals surface area (Å²) in [5.74, 6) is -0.615. The molecule has 0 aliphatic carbocycles. The zero-order valence-corrected chi connectivity index (χ0v) is 20.3. The third-order valence-corrected chi connectivity index (χ3v) is 6.11. The van der Waals surface area contributed by atoms with Gasteiger partial charge in [-0.2, -0.15) is 0 Å². The molecule has 1 aliphatic heterocycles. The van der Waals surface area contributed by atoms with Crippen LogP contribution in [0, 0.1) is 0 Å². The summed E-state index contributed by atoms with van der Waals surface area (Å²) in [7, 11) is 1.83. The van der Waals surface area contributed by atoms with Crippen LogP contribution in [0.2, 0.25) is 0 Å². The minimum absolute atomic E-state index is 0.125. The van der Waals surface area contributed by atoms with Crippen molar-refractivity contribution >= 4 is 39.6 Å². The van der Waals surface area contributed by atoms with Crippen molar-refractivity contribution in [3.63, 3.8) is 0 Å². The quantitative estimate of drug-likeness (QED) is 0.525. The van der Waals surface area contributed by atoms with E-state index in [2.05, 4.69) is 51.8 Å². The third kappa shape index (κ3) is 5.96. The number of allylic oxidation sites excluding steroid dienone is 4. The number of nitrogens with zero attached hydrogens (tertiary/aromatic N) is 3. The van der Waals surface area contributed by atoms with E-state index in [1.54, 1.807) is 23.0 Å². The molecule has 2 amide bonds. The van der Waals surface area contributed by atoms with Crippen LogP contribution in [0.3, 0.4) is 0 Å². The van der Waals surface area contributed by atoms with Crippen molar-refractivity contribution in [1.29, 1.82) is 0 Å². The molecule has 2 aromatic heterocycles. The van der Waals surface area contributed by atoms with Crippen LogP contribution >= 0.6 is 11.3 Å². The van der Waals surface area contributed by atoms with Crippen LogP contribution in [0.5, 0.6) is 0 Å². The van der Waals surface area contributed by atoms with Gasteiger partial charge in [-0.25, -0.2) is 4.98 Å². The van der Waals surface area contributed by atoms with Gasteiger partial charge in [-0.05, 0) is 56.0 Å². The number of hydrogen-bond donors (Lipinski definition) is 2. The smallest absolute Gasteiger partial charge is 0.253 e. The van der Waals surface area contributed by atoms with E-state index in [1.165, 1.54) is 11.3 Å². The minimum Gasteiger partial charge on any atom is -0.356 e. The Morgan fingerprint density at radius 1 is 1.18 bits per heavy atom. The molecule has 0 radical (unpaired) electrons. The molecule has 4 rings (SSSR count). The lowest BCUT2D eigenvalue weighted by molar-refractivity contribution is -0.115. The lowest BCUT2D eigenvalue weighted by Crippen LogP contribution is -2.32. The van der Waals surface area contributed by atoms with E-state index >= 15 is 0 Å². The molecule has 1 aliphatic rings. The molecule has 0 spiro atoms. The molecular formula is C26H27N5O2S. The second kappa shape index (κ2) is 10.4. The number of thiazole rings is 1. The molecule has 2 N–H and O–H groups in total. The fraction of sp³-hybridized carbons (Fsp3) is 0.231. The van der Waals surface area contributed by atoms with Crippen molar-refractivity contribution in [3.05, 3.63) is 77.1 Å². The summed E-state index contributed by atoms with van der Waals surface area (Å²) in [6.45, 7) is 3.96. The van der Waals surface area contributed by atoms with Gasteiger partial charge in [0, 0.05) is 41.8 Å². The highest BCUT2D eigenvalue weighted by Gasteiger charge is 2.12. The topological polar surface area (TPSA) is 88.4 Å². The number of nitrogens with one attached hydrogen (secondary N) is 2. The normalized spacial score (nSPS) is 18.4. The van der Waals surface area contributed by atoms with Gasteiger partial charge in [0.05, 0.1) is 17.8 Å². The number of benzene rings is 1. The minimum atomic E-state index is -0.324. The largest absolute Gasteiger partial charge is 0.356 e. The molecule has 0 saturated heterocycles. The third-order valence-electron chi connectivity index (χ3n) is 5.35. The molecule has 0 saturated carbocycles. The SMILES string of the molecule is CC1=C/C(c2cccc(-c3csc(NC(=O)CNC(=O)c4ccn(C)c4)n3)c2)=C\CC/C(C)=N\1. The Kier molecular flexibility index (Phi) is 7.18. The van der Waals surface area contributed by atoms with Gasteiger partial charge >= 0.3 is 0 Å². The van der Waals surface area contributed by atoms with Crippen LogP contribution in [0.25, 0.3) is 16.8 Å². The molecule has 8 heteroatoms. The van der Waals surface area contributed by atoms with Gasteiger partial charge in [0.2, 0.25) is 5.91 Å². The summed E-state index contributed by atoms with van der Waals surface area (Å²) >= 11 is 1.35. The first kappa shape index (κ1) is 23.4. The van der Waals surface area contributed by atoms with E-state index in [4.69, 9.17) is 0 Å². The van der Waals surface area contributed by atoms with E-state index < -0.39 is 0 Å². The summed E-state index contributed by atoms with van der Waals surface area (Å²) in [4.78, 5) is 33.6. The number of anilines is 1. The van der Waals surface area contributed by atoms with Gasteiger partial charge in [0.1, 0.15) is 0 Å². The molecule has 0 fully saturated rings. The van der Waals surface area contributed by atoms with Gasteiger partial charge in [-0.3, -0.25) is 14.6 Å². The number of hydrogen-bond acceptors (Lipinski definition) is 5. The average Bonchev–Trinajstić information content (AvgIpc) is 3.45. The fourth-order valence-corrected chi connectivity index (χ4v) is 4.43. The summed E-state index contributed by atoms with van der Waals surface area (Å²) in [6.07, 6.45) is 9.74. The molecule has 3 heterocycles. The maximum absolute atomic E-state index is 12.3. The van der Waals surface area contributed by atoms with E-state index in [0.717, 1.165) is 46.6 Å². The van der Waals surface area contributed by atoms with Crippen LogP contribution < -0.4 is 10.6 Å². The predicted molar refractivity (Wildman–Crippen MR) is 138 cm³/mol. The molecule has 174 valence electrons. The Morgan fingerprint density at radius 2 is 2.00 bits per heavy atom. The van der Waals surface area contributed by atoms with Gasteiger partial charge in [-0.15, -0.1) is 11.3 Å². The number of amides is 2. The molecule has 0 bridgehead atoms. The van der Waals surface area contributed by atoms with Gasteiger partial charge in [0.25, 0.3) is 5.91 Å². The van der Waals surface area contributed by atoms with Crippen LogP contribution in [0.4, 0.5) is 5.13 Å². The lowest BCUT2D eigenvalue weighted by atomic mass is 9.99.